The van der Waals surface area contributed by atoms with Crippen molar-refractivity contribution < 1.29 is 32.5 Å². The number of carbonyl (C=O) groups is 1. The van der Waals surface area contributed by atoms with Crippen molar-refractivity contribution in [2.75, 3.05) is 39.6 Å². The third kappa shape index (κ3) is 5.92. The number of nitrogens with zero attached hydrogens (tertiary/aromatic N) is 2. The van der Waals surface area contributed by atoms with Crippen LogP contribution in [0.25, 0.3) is 6.08 Å². The van der Waals surface area contributed by atoms with E-state index >= 15 is 0 Å². The molecule has 0 bridgehead atoms. The summed E-state index contributed by atoms with van der Waals surface area (Å²) >= 11 is 0. The van der Waals surface area contributed by atoms with Gasteiger partial charge in [0.05, 0.1) is 6.61 Å². The SMILES string of the molecule is CCOc1cc(/C=C/C(=O)N2CCN(Cc3ccc4c(c3)OCO4)CC2)ccc1OC(F)F. The predicted molar refractivity (Wildman–Crippen MR) is 118 cm³/mol. The zero-order chi connectivity index (χ0) is 23.2. The molecule has 0 saturated carbocycles. The maximum absolute atomic E-state index is 12.6. The van der Waals surface area contributed by atoms with Gasteiger partial charge in [-0.05, 0) is 48.4 Å². The van der Waals surface area contributed by atoms with Gasteiger partial charge in [-0.15, -0.1) is 0 Å². The van der Waals surface area contributed by atoms with Crippen molar-refractivity contribution in [3.63, 3.8) is 0 Å². The standard InChI is InChI=1S/C24H26F2N2O5/c1-2-30-22-13-17(3-7-20(22)33-24(25)26)5-8-23(29)28-11-9-27(10-12-28)15-18-4-6-19-21(14-18)32-16-31-19/h3-8,13-14,24H,2,9-12,15-16H2,1H3/b8-5+. The van der Waals surface area contributed by atoms with Gasteiger partial charge >= 0.3 is 6.61 Å². The molecule has 176 valence electrons. The van der Waals surface area contributed by atoms with Crippen LogP contribution in [0.15, 0.2) is 42.5 Å². The molecule has 33 heavy (non-hydrogen) atoms. The zero-order valence-corrected chi connectivity index (χ0v) is 18.3. The second-order valence-electron chi connectivity index (χ2n) is 7.64. The fourth-order valence-corrected chi connectivity index (χ4v) is 3.79. The summed E-state index contributed by atoms with van der Waals surface area (Å²) in [6.45, 7) is 2.95. The molecule has 2 aromatic rings. The largest absolute Gasteiger partial charge is 0.490 e. The number of alkyl halides is 2. The van der Waals surface area contributed by atoms with Crippen LogP contribution in [0, 0.1) is 0 Å². The summed E-state index contributed by atoms with van der Waals surface area (Å²) in [4.78, 5) is 16.7. The number of piperazine rings is 1. The van der Waals surface area contributed by atoms with Crippen LogP contribution < -0.4 is 18.9 Å². The van der Waals surface area contributed by atoms with Gasteiger partial charge < -0.3 is 23.8 Å². The third-order valence-corrected chi connectivity index (χ3v) is 5.43. The van der Waals surface area contributed by atoms with Crippen LogP contribution in [0.3, 0.4) is 0 Å². The zero-order valence-electron chi connectivity index (χ0n) is 18.3. The molecule has 0 unspecified atom stereocenters. The van der Waals surface area contributed by atoms with Gasteiger partial charge in [-0.25, -0.2) is 0 Å². The molecule has 0 N–H and O–H groups in total. The summed E-state index contributed by atoms with van der Waals surface area (Å²) in [7, 11) is 0. The van der Waals surface area contributed by atoms with Gasteiger partial charge in [0.25, 0.3) is 0 Å². The van der Waals surface area contributed by atoms with Crippen molar-refractivity contribution in [2.45, 2.75) is 20.1 Å². The number of halogens is 2. The van der Waals surface area contributed by atoms with E-state index in [1.165, 1.54) is 12.1 Å². The first-order chi connectivity index (χ1) is 16.0. The first-order valence-electron chi connectivity index (χ1n) is 10.8. The Morgan fingerprint density at radius 3 is 2.61 bits per heavy atom. The van der Waals surface area contributed by atoms with E-state index in [9.17, 15) is 13.6 Å². The maximum Gasteiger partial charge on any atom is 0.387 e. The van der Waals surface area contributed by atoms with E-state index in [0.29, 0.717) is 25.3 Å². The number of fused-ring (bicyclic) bond motifs is 1. The average molecular weight is 460 g/mol. The molecule has 0 atom stereocenters. The predicted octanol–water partition coefficient (Wildman–Crippen LogP) is 3.77. The van der Waals surface area contributed by atoms with Crippen molar-refractivity contribution >= 4 is 12.0 Å². The molecular formula is C24H26F2N2O5. The topological polar surface area (TPSA) is 60.5 Å². The Kier molecular flexibility index (Phi) is 7.29. The fraction of sp³-hybridized carbons (Fsp3) is 0.375. The van der Waals surface area contributed by atoms with Crippen molar-refractivity contribution in [3.05, 3.63) is 53.6 Å². The minimum atomic E-state index is -2.93. The minimum Gasteiger partial charge on any atom is -0.490 e. The van der Waals surface area contributed by atoms with Gasteiger partial charge in [0, 0.05) is 38.8 Å². The monoisotopic (exact) mass is 460 g/mol. The Morgan fingerprint density at radius 1 is 1.06 bits per heavy atom. The minimum absolute atomic E-state index is 0.0334. The summed E-state index contributed by atoms with van der Waals surface area (Å²) in [5.74, 6) is 1.63. The number of ether oxygens (including phenoxy) is 4. The highest BCUT2D eigenvalue weighted by Gasteiger charge is 2.21. The lowest BCUT2D eigenvalue weighted by molar-refractivity contribution is -0.127. The van der Waals surface area contributed by atoms with E-state index < -0.39 is 6.61 Å². The normalized spacial score (nSPS) is 15.9. The lowest BCUT2D eigenvalue weighted by Gasteiger charge is -2.34. The lowest BCUT2D eigenvalue weighted by atomic mass is 10.1. The Labute approximate surface area is 191 Å². The highest BCUT2D eigenvalue weighted by molar-refractivity contribution is 5.92. The first-order valence-corrected chi connectivity index (χ1v) is 10.8. The molecule has 7 nitrogen and oxygen atoms in total. The van der Waals surface area contributed by atoms with Crippen LogP contribution in [-0.4, -0.2) is 61.9 Å². The van der Waals surface area contributed by atoms with Gasteiger partial charge in [-0.2, -0.15) is 8.78 Å². The molecule has 2 aliphatic heterocycles. The summed E-state index contributed by atoms with van der Waals surface area (Å²) in [6.07, 6.45) is 3.14. The number of benzene rings is 2. The van der Waals surface area contributed by atoms with E-state index in [1.54, 1.807) is 30.0 Å². The van der Waals surface area contributed by atoms with Crippen molar-refractivity contribution in [1.29, 1.82) is 0 Å². The Bertz CT molecular complexity index is 1010. The van der Waals surface area contributed by atoms with Crippen molar-refractivity contribution in [3.8, 4) is 23.0 Å². The number of amides is 1. The molecule has 1 amide bonds. The Balaban J connectivity index is 1.30. The molecule has 2 aliphatic rings. The molecular weight excluding hydrogens is 434 g/mol. The van der Waals surface area contributed by atoms with Gasteiger partial charge in [-0.1, -0.05) is 12.1 Å². The molecule has 2 heterocycles. The molecule has 4 rings (SSSR count). The Hall–Kier alpha value is -3.33. The van der Waals surface area contributed by atoms with Crippen LogP contribution >= 0.6 is 0 Å². The summed E-state index contributed by atoms with van der Waals surface area (Å²) in [5.41, 5.74) is 1.80. The van der Waals surface area contributed by atoms with Gasteiger partial charge in [0.1, 0.15) is 0 Å². The van der Waals surface area contributed by atoms with E-state index in [4.69, 9.17) is 14.2 Å². The van der Waals surface area contributed by atoms with E-state index in [1.807, 2.05) is 18.2 Å². The van der Waals surface area contributed by atoms with E-state index in [2.05, 4.69) is 9.64 Å². The number of hydrogen-bond donors (Lipinski definition) is 0. The molecule has 9 heteroatoms. The van der Waals surface area contributed by atoms with Crippen molar-refractivity contribution in [2.24, 2.45) is 0 Å². The van der Waals surface area contributed by atoms with Crippen LogP contribution in [0.1, 0.15) is 18.1 Å². The fourth-order valence-electron chi connectivity index (χ4n) is 3.79. The van der Waals surface area contributed by atoms with Crippen LogP contribution in [-0.2, 0) is 11.3 Å². The Morgan fingerprint density at radius 2 is 1.85 bits per heavy atom. The summed E-state index contributed by atoms with van der Waals surface area (Å²) in [5, 5.41) is 0. The molecule has 0 aromatic heterocycles. The second-order valence-corrected chi connectivity index (χ2v) is 7.64. The van der Waals surface area contributed by atoms with Crippen LogP contribution in [0.5, 0.6) is 23.0 Å². The van der Waals surface area contributed by atoms with Gasteiger partial charge in [-0.3, -0.25) is 9.69 Å². The smallest absolute Gasteiger partial charge is 0.387 e. The van der Waals surface area contributed by atoms with Crippen LogP contribution in [0.4, 0.5) is 8.78 Å². The number of carbonyl (C=O) groups excluding carboxylic acids is 1. The van der Waals surface area contributed by atoms with E-state index in [0.717, 1.165) is 36.7 Å². The molecule has 2 aromatic carbocycles. The maximum atomic E-state index is 12.6. The molecule has 0 radical (unpaired) electrons. The molecule has 0 aliphatic carbocycles. The quantitative estimate of drug-likeness (QED) is 0.559. The first kappa shape index (κ1) is 22.8. The molecule has 1 fully saturated rings. The highest BCUT2D eigenvalue weighted by Crippen LogP contribution is 2.33. The average Bonchev–Trinajstić information content (AvgIpc) is 3.27. The van der Waals surface area contributed by atoms with Gasteiger partial charge in [0.2, 0.25) is 12.7 Å². The van der Waals surface area contributed by atoms with E-state index in [-0.39, 0.29) is 24.2 Å². The number of rotatable bonds is 8. The third-order valence-electron chi connectivity index (χ3n) is 5.43. The number of hydrogen-bond acceptors (Lipinski definition) is 6. The molecule has 1 saturated heterocycles. The molecule has 0 spiro atoms. The second kappa shape index (κ2) is 10.5. The summed E-state index contributed by atoms with van der Waals surface area (Å²) < 4.78 is 45.7. The van der Waals surface area contributed by atoms with Crippen molar-refractivity contribution in [1.82, 2.24) is 9.80 Å². The highest BCUT2D eigenvalue weighted by atomic mass is 19.3. The van der Waals surface area contributed by atoms with Gasteiger partial charge in [0.15, 0.2) is 23.0 Å². The van der Waals surface area contributed by atoms with Crippen LogP contribution in [0.2, 0.25) is 0 Å². The summed E-state index contributed by atoms with van der Waals surface area (Å²) in [6, 6.07) is 10.5. The lowest BCUT2D eigenvalue weighted by Crippen LogP contribution is -2.47.